The lowest BCUT2D eigenvalue weighted by Gasteiger charge is -2.21. The van der Waals surface area contributed by atoms with Crippen molar-refractivity contribution < 1.29 is 80.2 Å². The van der Waals surface area contributed by atoms with Crippen molar-refractivity contribution in [1.82, 2.24) is 0 Å². The number of aliphatic hydroxyl groups excluding tert-OH is 1. The number of rotatable bonds is 74. The fourth-order valence-corrected chi connectivity index (χ4v) is 11.6. The average Bonchev–Trinajstić information content (AvgIpc) is 0.906. The lowest BCUT2D eigenvalue weighted by molar-refractivity contribution is -0.161. The molecule has 0 aliphatic heterocycles. The van der Waals surface area contributed by atoms with Gasteiger partial charge in [0.15, 0.2) is 12.2 Å². The highest BCUT2D eigenvalue weighted by Gasteiger charge is 2.30. The third kappa shape index (κ3) is 78.0. The minimum Gasteiger partial charge on any atom is -0.462 e. The number of unbranched alkanes of at least 4 members (excludes halogenated alkanes) is 16. The Hall–Kier alpha value is -6.10. The minimum absolute atomic E-state index is 0.000579. The van der Waals surface area contributed by atoms with Crippen LogP contribution in [-0.4, -0.2) is 96.7 Å². The normalized spacial score (nSPS) is 14.8. The van der Waals surface area contributed by atoms with Crippen molar-refractivity contribution in [1.29, 1.82) is 0 Å². The summed E-state index contributed by atoms with van der Waals surface area (Å²) in [6.07, 6.45) is 97.0. The van der Waals surface area contributed by atoms with Crippen LogP contribution in [0.3, 0.4) is 0 Å². The van der Waals surface area contributed by atoms with Gasteiger partial charge in [-0.2, -0.15) is 0 Å². The smallest absolute Gasteiger partial charge is 0.462 e. The maximum Gasteiger partial charge on any atom is 0.472 e. The van der Waals surface area contributed by atoms with Crippen molar-refractivity contribution >= 4 is 39.5 Å². The summed E-state index contributed by atoms with van der Waals surface area (Å²) in [5.74, 6) is -2.33. The molecule has 5 atom stereocenters. The van der Waals surface area contributed by atoms with E-state index in [1.54, 1.807) is 0 Å². The number of phosphoric ester groups is 2. The summed E-state index contributed by atoms with van der Waals surface area (Å²) in [6.45, 7) is 4.27. The molecule has 0 aromatic heterocycles. The Balaban J connectivity index is 5.50. The van der Waals surface area contributed by atoms with Crippen LogP contribution in [-0.2, 0) is 65.4 Å². The van der Waals surface area contributed by atoms with Gasteiger partial charge in [0.05, 0.1) is 26.4 Å². The molecule has 0 aliphatic carbocycles. The summed E-state index contributed by atoms with van der Waals surface area (Å²) < 4.78 is 68.6. The Bertz CT molecular complexity index is 2810. The average molecular weight is 1550 g/mol. The molecule has 0 aromatic rings. The van der Waals surface area contributed by atoms with Crippen LogP contribution in [0.2, 0.25) is 0 Å². The highest BCUT2D eigenvalue weighted by Crippen LogP contribution is 2.45. The number of esters is 4. The van der Waals surface area contributed by atoms with Crippen LogP contribution in [0, 0.1) is 0 Å². The molecule has 0 fully saturated rings. The van der Waals surface area contributed by atoms with Crippen molar-refractivity contribution in [2.24, 2.45) is 0 Å². The summed E-state index contributed by atoms with van der Waals surface area (Å²) in [4.78, 5) is 73.1. The van der Waals surface area contributed by atoms with E-state index in [0.717, 1.165) is 199 Å². The summed E-state index contributed by atoms with van der Waals surface area (Å²) in [7, 11) is -10.0. The Labute approximate surface area is 653 Å². The van der Waals surface area contributed by atoms with Crippen LogP contribution in [0.5, 0.6) is 0 Å². The van der Waals surface area contributed by atoms with Gasteiger partial charge in [-0.05, 0) is 173 Å². The molecule has 0 spiro atoms. The highest BCUT2D eigenvalue weighted by atomic mass is 31.2. The van der Waals surface area contributed by atoms with Gasteiger partial charge in [0.1, 0.15) is 19.3 Å². The molecule has 0 rings (SSSR count). The molecule has 0 heterocycles. The van der Waals surface area contributed by atoms with E-state index >= 15 is 0 Å². The third-order valence-electron chi connectivity index (χ3n) is 16.0. The first kappa shape index (κ1) is 102. The topological polar surface area (TPSA) is 237 Å². The number of hydrogen-bond acceptors (Lipinski definition) is 15. The molecule has 17 nitrogen and oxygen atoms in total. The number of carbonyl (C=O) groups is 4. The van der Waals surface area contributed by atoms with Gasteiger partial charge in [-0.1, -0.05) is 280 Å². The van der Waals surface area contributed by atoms with Gasteiger partial charge in [-0.15, -0.1) is 0 Å². The second-order valence-corrected chi connectivity index (χ2v) is 29.1. The van der Waals surface area contributed by atoms with Gasteiger partial charge in [-0.25, -0.2) is 9.13 Å². The standard InChI is InChI=1S/C89H142O17P2/c1-5-9-13-17-21-25-29-33-37-40-41-44-47-50-54-58-62-66-70-74-87(92)100-80-85(106-89(94)76-72-68-64-60-56-52-48-43-39-35-31-27-23-19-15-11-7-3)82-104-108(97,98)102-78-83(90)77-101-107(95,96)103-81-84(105-88(93)75-71-67-63-59-55-51-45-36-32-28-24-20-16-12-8-4)79-99-86(91)73-69-65-61-57-53-49-46-42-38-34-30-26-22-18-14-10-6-2/h9-16,21-28,33-39,41,44-45,48,50,52,54,60,64,83-85,90H,5-8,17-20,29-32,40,42-43,46-47,49,51,53,55-59,61-63,65-82H2,1-4H3,(H,95,96)(H,97,98)/b13-9-,14-10-,15-11-,16-12-,25-21-,26-22-,27-23-,28-24-,37-33-,38-34-,39-35-,44-41-,45-36-,52-48-,54-50-,64-60-. The number of hydrogen-bond donors (Lipinski definition) is 3. The Morgan fingerprint density at radius 3 is 0.741 bits per heavy atom. The predicted molar refractivity (Wildman–Crippen MR) is 445 cm³/mol. The summed E-state index contributed by atoms with van der Waals surface area (Å²) in [6, 6.07) is 0. The fraction of sp³-hybridized carbons (Fsp3) is 0.596. The van der Waals surface area contributed by atoms with E-state index in [2.05, 4.69) is 210 Å². The second kappa shape index (κ2) is 79.0. The Morgan fingerprint density at radius 1 is 0.259 bits per heavy atom. The van der Waals surface area contributed by atoms with Crippen LogP contribution in [0.15, 0.2) is 194 Å². The van der Waals surface area contributed by atoms with E-state index in [9.17, 15) is 43.2 Å². The molecule has 108 heavy (non-hydrogen) atoms. The monoisotopic (exact) mass is 1540 g/mol. The largest absolute Gasteiger partial charge is 0.472 e. The molecular weight excluding hydrogens is 1400 g/mol. The summed E-state index contributed by atoms with van der Waals surface area (Å²) in [5, 5.41) is 10.7. The first-order chi connectivity index (χ1) is 52.7. The van der Waals surface area contributed by atoms with Gasteiger partial charge in [0.2, 0.25) is 0 Å². The number of carbonyl (C=O) groups excluding carboxylic acids is 4. The van der Waals surface area contributed by atoms with Gasteiger partial charge < -0.3 is 33.8 Å². The summed E-state index contributed by atoms with van der Waals surface area (Å²) in [5.41, 5.74) is 0. The molecule has 5 unspecified atom stereocenters. The zero-order valence-corrected chi connectivity index (χ0v) is 68.5. The maximum atomic E-state index is 13.1. The minimum atomic E-state index is -5.01. The molecule has 0 aromatic carbocycles. The summed E-state index contributed by atoms with van der Waals surface area (Å²) >= 11 is 0. The van der Waals surface area contributed by atoms with Crippen LogP contribution in [0.1, 0.15) is 285 Å². The molecule has 0 saturated carbocycles. The first-order valence-corrected chi connectivity index (χ1v) is 43.7. The number of aliphatic hydroxyl groups is 1. The Morgan fingerprint density at radius 2 is 0.463 bits per heavy atom. The zero-order chi connectivity index (χ0) is 78.9. The van der Waals surface area contributed by atoms with Crippen LogP contribution in [0.25, 0.3) is 0 Å². The molecule has 610 valence electrons. The van der Waals surface area contributed by atoms with E-state index in [4.69, 9.17) is 37.0 Å². The molecule has 3 N–H and O–H groups in total. The fourth-order valence-electron chi connectivity index (χ4n) is 10.0. The molecule has 0 radical (unpaired) electrons. The first-order valence-electron chi connectivity index (χ1n) is 40.7. The molecule has 0 bridgehead atoms. The Kier molecular flexibility index (Phi) is 74.5. The van der Waals surface area contributed by atoms with Crippen LogP contribution < -0.4 is 0 Å². The van der Waals surface area contributed by atoms with Gasteiger partial charge in [0.25, 0.3) is 0 Å². The lowest BCUT2D eigenvalue weighted by Crippen LogP contribution is -2.30. The molecule has 0 amide bonds. The molecule has 19 heteroatoms. The molecular formula is C89H142O17P2. The predicted octanol–water partition coefficient (Wildman–Crippen LogP) is 24.1. The number of phosphoric acid groups is 2. The second-order valence-electron chi connectivity index (χ2n) is 26.2. The van der Waals surface area contributed by atoms with Crippen molar-refractivity contribution in [2.75, 3.05) is 39.6 Å². The molecule has 0 aliphatic rings. The third-order valence-corrected chi connectivity index (χ3v) is 17.9. The van der Waals surface area contributed by atoms with Gasteiger partial charge in [-0.3, -0.25) is 37.3 Å². The quantitative estimate of drug-likeness (QED) is 0.0169. The molecule has 0 saturated heterocycles. The van der Waals surface area contributed by atoms with E-state index in [-0.39, 0.29) is 25.7 Å². The number of allylic oxidation sites excluding steroid dienone is 32. The van der Waals surface area contributed by atoms with Crippen LogP contribution in [0.4, 0.5) is 0 Å². The van der Waals surface area contributed by atoms with Gasteiger partial charge in [0, 0.05) is 25.7 Å². The van der Waals surface area contributed by atoms with Crippen molar-refractivity contribution in [3.05, 3.63) is 194 Å². The van der Waals surface area contributed by atoms with E-state index in [1.807, 2.05) is 12.2 Å². The lowest BCUT2D eigenvalue weighted by atomic mass is 10.1. The van der Waals surface area contributed by atoms with E-state index in [0.29, 0.717) is 32.1 Å². The zero-order valence-electron chi connectivity index (χ0n) is 66.7. The van der Waals surface area contributed by atoms with E-state index in [1.165, 1.54) is 0 Å². The highest BCUT2D eigenvalue weighted by molar-refractivity contribution is 7.47. The van der Waals surface area contributed by atoms with Crippen molar-refractivity contribution in [3.8, 4) is 0 Å². The van der Waals surface area contributed by atoms with E-state index < -0.39 is 97.5 Å². The van der Waals surface area contributed by atoms with Crippen LogP contribution >= 0.6 is 15.6 Å². The van der Waals surface area contributed by atoms with Gasteiger partial charge >= 0.3 is 39.5 Å². The number of ether oxygens (including phenoxy) is 4. The van der Waals surface area contributed by atoms with Crippen molar-refractivity contribution in [2.45, 2.75) is 303 Å². The maximum absolute atomic E-state index is 13.1. The van der Waals surface area contributed by atoms with Crippen molar-refractivity contribution in [3.63, 3.8) is 0 Å². The SMILES string of the molecule is CC/C=C\C/C=C\C/C=C\C/C=C\C/C=C\CCCCCC(=O)OCC(COP(=O)(O)OCC(O)COP(=O)(O)OCC(COC(=O)CCCCCCCCC/C=C\C/C=C\C/C=C\CC)OC(=O)CCCCCCC/C=C\C/C=C\C/C=C\CC)OC(=O)CCC/C=C\C/C=C\C/C=C\C/C=C\C/C=C\CC.